The fraction of sp³-hybridized carbons (Fsp3) is 0.435. The van der Waals surface area contributed by atoms with Crippen molar-refractivity contribution in [3.05, 3.63) is 53.1 Å². The van der Waals surface area contributed by atoms with E-state index in [4.69, 9.17) is 4.74 Å². The minimum Gasteiger partial charge on any atom is -0.494 e. The van der Waals surface area contributed by atoms with E-state index in [9.17, 15) is 15.0 Å². The number of esters is 1. The molecule has 5 nitrogen and oxygen atoms in total. The van der Waals surface area contributed by atoms with E-state index in [0.717, 1.165) is 17.5 Å². The highest BCUT2D eigenvalue weighted by molar-refractivity contribution is 5.89. The highest BCUT2D eigenvalue weighted by Gasteiger charge is 2.62. The lowest BCUT2D eigenvalue weighted by Crippen LogP contribution is -2.24. The number of carbonyl (C=O) groups is 1. The van der Waals surface area contributed by atoms with Crippen molar-refractivity contribution in [1.29, 1.82) is 0 Å². The fourth-order valence-electron chi connectivity index (χ4n) is 6.76. The van der Waals surface area contributed by atoms with Gasteiger partial charge in [0.25, 0.3) is 0 Å². The molecule has 2 saturated carbocycles. The molecular weight excluding hydrogens is 354 g/mol. The lowest BCUT2D eigenvalue weighted by molar-refractivity contribution is 0.0526. The monoisotopic (exact) mass is 377 g/mol. The van der Waals surface area contributed by atoms with Crippen molar-refractivity contribution in [1.82, 2.24) is 4.57 Å². The lowest BCUT2D eigenvalue weighted by Gasteiger charge is -2.31. The average Bonchev–Trinajstić information content (AvgIpc) is 3.48. The van der Waals surface area contributed by atoms with Crippen LogP contribution in [0, 0.1) is 23.7 Å². The maximum atomic E-state index is 11.9. The van der Waals surface area contributed by atoms with Gasteiger partial charge in [-0.15, -0.1) is 0 Å². The van der Waals surface area contributed by atoms with Gasteiger partial charge in [-0.3, -0.25) is 4.57 Å². The van der Waals surface area contributed by atoms with E-state index >= 15 is 0 Å². The van der Waals surface area contributed by atoms with Gasteiger partial charge in [-0.2, -0.15) is 0 Å². The van der Waals surface area contributed by atoms with Crippen LogP contribution in [0.15, 0.2) is 36.4 Å². The summed E-state index contributed by atoms with van der Waals surface area (Å²) in [6.07, 6.45) is 7.03. The van der Waals surface area contributed by atoms with Crippen molar-refractivity contribution >= 4 is 5.97 Å². The first-order chi connectivity index (χ1) is 13.6. The topological polar surface area (TPSA) is 71.7 Å². The van der Waals surface area contributed by atoms with E-state index in [1.165, 1.54) is 11.0 Å². The number of aromatic nitrogens is 1. The fourth-order valence-corrected chi connectivity index (χ4v) is 6.76. The van der Waals surface area contributed by atoms with Crippen LogP contribution in [0.4, 0.5) is 0 Å². The Balaban J connectivity index is 1.41. The molecule has 0 amide bonds. The van der Waals surface area contributed by atoms with Gasteiger partial charge < -0.3 is 14.9 Å². The standard InChI is InChI=1S/C23H23NO4/c1-2-28-23(27)11-5-7-14(8-6-11)24-21(25)19-15-10-16(20(19)22(24)26)18-13-4-3-12(9-13)17(15)18/h3-8,12-13,15-18,25-26H,2,9-10H2,1H3. The third kappa shape index (κ3) is 1.84. The van der Waals surface area contributed by atoms with E-state index in [-0.39, 0.29) is 17.7 Å². The number of ether oxygens (including phenoxy) is 1. The number of nitrogens with zero attached hydrogens (tertiary/aromatic N) is 1. The predicted octanol–water partition coefficient (Wildman–Crippen LogP) is 4.09. The van der Waals surface area contributed by atoms with Crippen LogP contribution in [-0.2, 0) is 4.74 Å². The summed E-state index contributed by atoms with van der Waals surface area (Å²) in [6.45, 7) is 2.10. The average molecular weight is 377 g/mol. The zero-order chi connectivity index (χ0) is 19.2. The molecule has 4 bridgehead atoms. The van der Waals surface area contributed by atoms with Crippen molar-refractivity contribution in [3.8, 4) is 17.4 Å². The molecule has 1 aromatic heterocycles. The first-order valence-electron chi connectivity index (χ1n) is 10.2. The minimum absolute atomic E-state index is 0.161. The van der Waals surface area contributed by atoms with Crippen LogP contribution in [0.2, 0.25) is 0 Å². The molecule has 4 aliphatic rings. The summed E-state index contributed by atoms with van der Waals surface area (Å²) in [5, 5.41) is 22.1. The first kappa shape index (κ1) is 16.3. The molecule has 28 heavy (non-hydrogen) atoms. The third-order valence-corrected chi connectivity index (χ3v) is 7.59. The summed E-state index contributed by atoms with van der Waals surface area (Å²) in [5.74, 6) is 3.12. The molecular formula is C23H23NO4. The molecule has 6 unspecified atom stereocenters. The van der Waals surface area contributed by atoms with E-state index in [1.54, 1.807) is 31.2 Å². The number of benzene rings is 1. The zero-order valence-electron chi connectivity index (χ0n) is 15.7. The van der Waals surface area contributed by atoms with Crippen LogP contribution in [0.1, 0.15) is 53.1 Å². The van der Waals surface area contributed by atoms with Crippen molar-refractivity contribution < 1.29 is 19.7 Å². The van der Waals surface area contributed by atoms with Crippen molar-refractivity contribution in [2.24, 2.45) is 23.7 Å². The summed E-state index contributed by atoms with van der Waals surface area (Å²) in [6, 6.07) is 6.83. The summed E-state index contributed by atoms with van der Waals surface area (Å²) in [7, 11) is 0. The molecule has 5 heteroatoms. The molecule has 2 N–H and O–H groups in total. The molecule has 4 aliphatic carbocycles. The number of fused-ring (bicyclic) bond motifs is 12. The molecule has 6 rings (SSSR count). The molecule has 2 fully saturated rings. The van der Waals surface area contributed by atoms with Gasteiger partial charge in [-0.25, -0.2) is 4.79 Å². The second-order valence-corrected chi connectivity index (χ2v) is 8.63. The van der Waals surface area contributed by atoms with Gasteiger partial charge in [0.1, 0.15) is 0 Å². The summed E-state index contributed by atoms with van der Waals surface area (Å²) >= 11 is 0. The molecule has 144 valence electrons. The maximum Gasteiger partial charge on any atom is 0.338 e. The lowest BCUT2D eigenvalue weighted by atomic mass is 9.72. The van der Waals surface area contributed by atoms with Gasteiger partial charge in [0, 0.05) is 11.1 Å². The van der Waals surface area contributed by atoms with E-state index in [0.29, 0.717) is 53.4 Å². The smallest absolute Gasteiger partial charge is 0.338 e. The zero-order valence-corrected chi connectivity index (χ0v) is 15.7. The van der Waals surface area contributed by atoms with Gasteiger partial charge in [-0.05, 0) is 79.5 Å². The van der Waals surface area contributed by atoms with Gasteiger partial charge in [0.15, 0.2) is 0 Å². The molecule has 0 saturated heterocycles. The van der Waals surface area contributed by atoms with Gasteiger partial charge >= 0.3 is 5.97 Å². The quantitative estimate of drug-likeness (QED) is 0.480. The van der Waals surface area contributed by atoms with Crippen LogP contribution >= 0.6 is 0 Å². The Hall–Kier alpha value is -2.69. The van der Waals surface area contributed by atoms with Crippen molar-refractivity contribution in [2.45, 2.75) is 31.6 Å². The van der Waals surface area contributed by atoms with Crippen molar-refractivity contribution in [3.63, 3.8) is 0 Å². The molecule has 1 heterocycles. The maximum absolute atomic E-state index is 11.9. The molecule has 0 radical (unpaired) electrons. The van der Waals surface area contributed by atoms with Gasteiger partial charge in [0.05, 0.1) is 17.9 Å². The second kappa shape index (κ2) is 5.43. The van der Waals surface area contributed by atoms with Gasteiger partial charge in [0.2, 0.25) is 11.8 Å². The number of carbonyl (C=O) groups excluding carboxylic acids is 1. The largest absolute Gasteiger partial charge is 0.494 e. The third-order valence-electron chi connectivity index (χ3n) is 7.59. The predicted molar refractivity (Wildman–Crippen MR) is 103 cm³/mol. The molecule has 1 aromatic carbocycles. The van der Waals surface area contributed by atoms with E-state index in [1.807, 2.05) is 0 Å². The van der Waals surface area contributed by atoms with Crippen LogP contribution in [0.3, 0.4) is 0 Å². The van der Waals surface area contributed by atoms with Crippen molar-refractivity contribution in [2.75, 3.05) is 6.61 Å². The Morgan fingerprint density at radius 2 is 1.57 bits per heavy atom. The van der Waals surface area contributed by atoms with Gasteiger partial charge in [-0.1, -0.05) is 12.2 Å². The molecule has 0 aliphatic heterocycles. The normalized spacial score (nSPS) is 33.3. The molecule has 6 atom stereocenters. The van der Waals surface area contributed by atoms with Crippen LogP contribution < -0.4 is 0 Å². The Labute approximate surface area is 163 Å². The van der Waals surface area contributed by atoms with Crippen LogP contribution in [-0.4, -0.2) is 27.4 Å². The van der Waals surface area contributed by atoms with Crippen LogP contribution in [0.25, 0.3) is 5.69 Å². The van der Waals surface area contributed by atoms with E-state index in [2.05, 4.69) is 12.2 Å². The molecule has 0 spiro atoms. The number of hydrogen-bond donors (Lipinski definition) is 2. The summed E-state index contributed by atoms with van der Waals surface area (Å²) in [5.41, 5.74) is 3.03. The minimum atomic E-state index is -0.369. The Morgan fingerprint density at radius 1 is 1.00 bits per heavy atom. The van der Waals surface area contributed by atoms with Crippen LogP contribution in [0.5, 0.6) is 11.8 Å². The first-order valence-corrected chi connectivity index (χ1v) is 10.2. The summed E-state index contributed by atoms with van der Waals surface area (Å²) < 4.78 is 6.56. The highest BCUT2D eigenvalue weighted by atomic mass is 16.5. The highest BCUT2D eigenvalue weighted by Crippen LogP contribution is 2.72. The number of aromatic hydroxyl groups is 2. The number of hydrogen-bond acceptors (Lipinski definition) is 4. The Morgan fingerprint density at radius 3 is 2.11 bits per heavy atom. The van der Waals surface area contributed by atoms with E-state index < -0.39 is 0 Å². The summed E-state index contributed by atoms with van der Waals surface area (Å²) in [4.78, 5) is 11.9. The Bertz CT molecular complexity index is 971. The molecule has 2 aromatic rings. The second-order valence-electron chi connectivity index (χ2n) is 8.63. The SMILES string of the molecule is CCOC(=O)c1ccc(-n2c(O)c3c(c2O)C2CC3C3C4C=CC(C4)C23)cc1. The number of rotatable bonds is 3. The Kier molecular flexibility index (Phi) is 3.16. The number of allylic oxidation sites excluding steroid dienone is 2.